The molecular weight excluding hydrogens is 274 g/mol. The Bertz CT molecular complexity index is 402. The molecule has 0 aliphatic rings. The third-order valence-corrected chi connectivity index (χ3v) is 3.11. The van der Waals surface area contributed by atoms with Gasteiger partial charge < -0.3 is 15.4 Å². The maximum absolute atomic E-state index is 5.57. The molecule has 1 unspecified atom stereocenters. The Morgan fingerprint density at radius 1 is 1.15 bits per heavy atom. The Morgan fingerprint density at radius 2 is 1.85 bits per heavy atom. The number of hydrogen-bond acceptors (Lipinski definition) is 7. The summed E-state index contributed by atoms with van der Waals surface area (Å²) < 4.78 is 5.57. The van der Waals surface area contributed by atoms with E-state index in [-0.39, 0.29) is 6.10 Å². The number of ether oxygens (including phenoxy) is 1. The molecule has 0 bridgehead atoms. The topological polar surface area (TPSA) is 72.0 Å². The van der Waals surface area contributed by atoms with E-state index in [0.29, 0.717) is 23.9 Å². The van der Waals surface area contributed by atoms with E-state index in [1.54, 1.807) is 11.8 Å². The van der Waals surface area contributed by atoms with E-state index in [0.717, 1.165) is 18.7 Å². The smallest absolute Gasteiger partial charge is 0.323 e. The van der Waals surface area contributed by atoms with Gasteiger partial charge in [-0.2, -0.15) is 26.7 Å². The number of nitrogens with zero attached hydrogens (tertiary/aromatic N) is 3. The van der Waals surface area contributed by atoms with Gasteiger partial charge in [0, 0.05) is 18.3 Å². The van der Waals surface area contributed by atoms with Crippen LogP contribution in [-0.4, -0.2) is 45.7 Å². The first-order valence-corrected chi connectivity index (χ1v) is 8.36. The highest BCUT2D eigenvalue weighted by atomic mass is 32.2. The maximum atomic E-state index is 5.57. The van der Waals surface area contributed by atoms with E-state index >= 15 is 0 Å². The highest BCUT2D eigenvalue weighted by molar-refractivity contribution is 7.98. The second-order valence-corrected chi connectivity index (χ2v) is 5.77. The molecule has 0 aromatic carbocycles. The first kappa shape index (κ1) is 16.8. The molecule has 0 fully saturated rings. The van der Waals surface area contributed by atoms with E-state index in [1.165, 1.54) is 0 Å². The Balaban J connectivity index is 2.84. The predicted molar refractivity (Wildman–Crippen MR) is 85.8 cm³/mol. The van der Waals surface area contributed by atoms with Crippen molar-refractivity contribution >= 4 is 23.7 Å². The van der Waals surface area contributed by atoms with E-state index in [1.807, 2.05) is 13.8 Å². The van der Waals surface area contributed by atoms with Crippen LogP contribution in [0.1, 0.15) is 34.1 Å². The summed E-state index contributed by atoms with van der Waals surface area (Å²) in [7, 11) is 0. The number of aromatic nitrogens is 3. The molecular formula is C13H25N5OS. The lowest BCUT2D eigenvalue weighted by Crippen LogP contribution is -2.21. The molecule has 114 valence electrons. The Labute approximate surface area is 125 Å². The Hall–Kier alpha value is -1.24. The van der Waals surface area contributed by atoms with Gasteiger partial charge in [0.25, 0.3) is 0 Å². The van der Waals surface area contributed by atoms with Gasteiger partial charge in [-0.15, -0.1) is 0 Å². The minimum Gasteiger partial charge on any atom is -0.461 e. The lowest BCUT2D eigenvalue weighted by atomic mass is 10.4. The summed E-state index contributed by atoms with van der Waals surface area (Å²) in [5.41, 5.74) is 0. The van der Waals surface area contributed by atoms with Crippen molar-refractivity contribution in [2.45, 2.75) is 46.3 Å². The second kappa shape index (κ2) is 8.84. The van der Waals surface area contributed by atoms with Crippen molar-refractivity contribution in [3.05, 3.63) is 0 Å². The van der Waals surface area contributed by atoms with Crippen molar-refractivity contribution in [3.63, 3.8) is 0 Å². The van der Waals surface area contributed by atoms with Crippen molar-refractivity contribution in [1.29, 1.82) is 0 Å². The number of rotatable bonds is 9. The van der Waals surface area contributed by atoms with Gasteiger partial charge in [-0.3, -0.25) is 0 Å². The van der Waals surface area contributed by atoms with Crippen LogP contribution in [0.25, 0.3) is 0 Å². The third kappa shape index (κ3) is 6.27. The van der Waals surface area contributed by atoms with Crippen LogP contribution in [0.3, 0.4) is 0 Å². The molecule has 0 aliphatic carbocycles. The first-order chi connectivity index (χ1) is 9.55. The van der Waals surface area contributed by atoms with Crippen LogP contribution >= 0.6 is 11.8 Å². The van der Waals surface area contributed by atoms with Crippen LogP contribution in [0.4, 0.5) is 11.9 Å². The first-order valence-electron chi connectivity index (χ1n) is 6.97. The molecule has 1 aromatic rings. The van der Waals surface area contributed by atoms with Gasteiger partial charge in [-0.25, -0.2) is 0 Å². The summed E-state index contributed by atoms with van der Waals surface area (Å²) in [6.07, 6.45) is 3.12. The van der Waals surface area contributed by atoms with E-state index in [9.17, 15) is 0 Å². The zero-order valence-electron chi connectivity index (χ0n) is 12.9. The highest BCUT2D eigenvalue weighted by Crippen LogP contribution is 2.14. The minimum atomic E-state index is 0.0351. The molecule has 0 spiro atoms. The molecule has 7 heteroatoms. The minimum absolute atomic E-state index is 0.0351. The lowest BCUT2D eigenvalue weighted by Gasteiger charge is -2.15. The van der Waals surface area contributed by atoms with Crippen molar-refractivity contribution in [3.8, 4) is 6.01 Å². The van der Waals surface area contributed by atoms with Gasteiger partial charge in [0.2, 0.25) is 11.9 Å². The average Bonchev–Trinajstić information content (AvgIpc) is 2.35. The lowest BCUT2D eigenvalue weighted by molar-refractivity contribution is 0.222. The molecule has 20 heavy (non-hydrogen) atoms. The monoisotopic (exact) mass is 299 g/mol. The zero-order valence-corrected chi connectivity index (χ0v) is 13.8. The molecule has 0 aliphatic heterocycles. The molecule has 0 saturated heterocycles. The van der Waals surface area contributed by atoms with Gasteiger partial charge >= 0.3 is 6.01 Å². The standard InChI is InChI=1S/C13H25N5OS/c1-6-7-14-11-16-12(15-10(4)8-20-5)18-13(17-11)19-9(2)3/h9-10H,6-8H2,1-5H3,(H2,14,15,16,17,18). The molecule has 1 atom stereocenters. The van der Waals surface area contributed by atoms with Crippen LogP contribution in [0.5, 0.6) is 6.01 Å². The highest BCUT2D eigenvalue weighted by Gasteiger charge is 2.10. The number of anilines is 2. The summed E-state index contributed by atoms with van der Waals surface area (Å²) in [6.45, 7) is 8.92. The van der Waals surface area contributed by atoms with Crippen LogP contribution in [0.15, 0.2) is 0 Å². The molecule has 0 saturated carbocycles. The number of hydrogen-bond donors (Lipinski definition) is 2. The van der Waals surface area contributed by atoms with Gasteiger partial charge in [0.15, 0.2) is 0 Å². The normalized spacial score (nSPS) is 12.3. The fourth-order valence-corrected chi connectivity index (χ4v) is 2.10. The molecule has 1 heterocycles. The van der Waals surface area contributed by atoms with Gasteiger partial charge in [-0.1, -0.05) is 6.92 Å². The molecule has 1 aromatic heterocycles. The fourth-order valence-electron chi connectivity index (χ4n) is 1.51. The molecule has 2 N–H and O–H groups in total. The van der Waals surface area contributed by atoms with Crippen molar-refractivity contribution in [1.82, 2.24) is 15.0 Å². The maximum Gasteiger partial charge on any atom is 0.323 e. The van der Waals surface area contributed by atoms with Crippen LogP contribution < -0.4 is 15.4 Å². The summed E-state index contributed by atoms with van der Waals surface area (Å²) in [5, 5.41) is 6.44. The van der Waals surface area contributed by atoms with Gasteiger partial charge in [-0.05, 0) is 33.4 Å². The van der Waals surface area contributed by atoms with E-state index < -0.39 is 0 Å². The average molecular weight is 299 g/mol. The second-order valence-electron chi connectivity index (χ2n) is 4.86. The summed E-state index contributed by atoms with van der Waals surface area (Å²) in [4.78, 5) is 12.9. The molecule has 6 nitrogen and oxygen atoms in total. The van der Waals surface area contributed by atoms with E-state index in [4.69, 9.17) is 4.74 Å². The summed E-state index contributed by atoms with van der Waals surface area (Å²) >= 11 is 1.78. The largest absolute Gasteiger partial charge is 0.461 e. The van der Waals surface area contributed by atoms with Gasteiger partial charge in [0.1, 0.15) is 0 Å². The van der Waals surface area contributed by atoms with Crippen LogP contribution in [-0.2, 0) is 0 Å². The molecule has 1 rings (SSSR count). The Morgan fingerprint density at radius 3 is 2.45 bits per heavy atom. The summed E-state index contributed by atoms with van der Waals surface area (Å²) in [6, 6.07) is 0.644. The van der Waals surface area contributed by atoms with E-state index in [2.05, 4.69) is 45.7 Å². The van der Waals surface area contributed by atoms with Crippen molar-refractivity contribution < 1.29 is 4.74 Å². The zero-order chi connectivity index (χ0) is 15.0. The van der Waals surface area contributed by atoms with Crippen molar-refractivity contribution in [2.75, 3.05) is 29.2 Å². The Kier molecular flexibility index (Phi) is 7.43. The van der Waals surface area contributed by atoms with Crippen LogP contribution in [0, 0.1) is 0 Å². The predicted octanol–water partition coefficient (Wildman–Crippen LogP) is 2.64. The molecule has 0 radical (unpaired) electrons. The fraction of sp³-hybridized carbons (Fsp3) is 0.769. The summed E-state index contributed by atoms with van der Waals surface area (Å²) in [5.74, 6) is 2.09. The number of thioether (sulfide) groups is 1. The quantitative estimate of drug-likeness (QED) is 0.726. The third-order valence-electron chi connectivity index (χ3n) is 2.28. The van der Waals surface area contributed by atoms with Crippen molar-refractivity contribution in [2.24, 2.45) is 0 Å². The SMILES string of the molecule is CCCNc1nc(NC(C)CSC)nc(OC(C)C)n1. The number of nitrogens with one attached hydrogen (secondary N) is 2. The molecule has 0 amide bonds. The van der Waals surface area contributed by atoms with Crippen LogP contribution in [0.2, 0.25) is 0 Å². The van der Waals surface area contributed by atoms with Gasteiger partial charge in [0.05, 0.1) is 6.10 Å².